The number of piperidine rings is 1. The van der Waals surface area contributed by atoms with Gasteiger partial charge in [0.05, 0.1) is 11.7 Å². The van der Waals surface area contributed by atoms with Crippen molar-refractivity contribution >= 4 is 27.6 Å². The molecule has 4 rings (SSSR count). The normalized spacial score (nSPS) is 22.6. The summed E-state index contributed by atoms with van der Waals surface area (Å²) in [5, 5.41) is -0.196. The van der Waals surface area contributed by atoms with Crippen molar-refractivity contribution in [2.24, 2.45) is 5.92 Å². The number of anilines is 2. The SMILES string of the molecule is COC1CCCN(c2cccc(S(=O)(=O)NC(=O)c3cccnc3N3CCC(C)C3(C)C)n2)C1. The fraction of sp³-hybridized carbons (Fsp3) is 0.542. The van der Waals surface area contributed by atoms with E-state index in [1.54, 1.807) is 37.6 Å². The first-order chi connectivity index (χ1) is 16.1. The van der Waals surface area contributed by atoms with Gasteiger partial charge in [-0.2, -0.15) is 8.42 Å². The average molecular weight is 488 g/mol. The van der Waals surface area contributed by atoms with Gasteiger partial charge in [-0.25, -0.2) is 14.7 Å². The first-order valence-corrected chi connectivity index (χ1v) is 13.2. The maximum atomic E-state index is 13.2. The van der Waals surface area contributed by atoms with Gasteiger partial charge in [0.15, 0.2) is 5.03 Å². The summed E-state index contributed by atoms with van der Waals surface area (Å²) >= 11 is 0. The van der Waals surface area contributed by atoms with Crippen LogP contribution < -0.4 is 14.5 Å². The minimum absolute atomic E-state index is 0.0806. The van der Waals surface area contributed by atoms with Gasteiger partial charge in [-0.05, 0) is 63.3 Å². The second kappa shape index (κ2) is 9.50. The van der Waals surface area contributed by atoms with Gasteiger partial charge in [0.25, 0.3) is 15.9 Å². The van der Waals surface area contributed by atoms with Crippen molar-refractivity contribution in [3.63, 3.8) is 0 Å². The summed E-state index contributed by atoms with van der Waals surface area (Å²) in [5.41, 5.74) is 0.0236. The van der Waals surface area contributed by atoms with Crippen LogP contribution in [0.1, 0.15) is 50.4 Å². The van der Waals surface area contributed by atoms with Crippen LogP contribution in [0.15, 0.2) is 41.6 Å². The van der Waals surface area contributed by atoms with Crippen LogP contribution in [0.5, 0.6) is 0 Å². The Bertz CT molecular complexity index is 1150. The topological polar surface area (TPSA) is 105 Å². The Kier molecular flexibility index (Phi) is 6.82. The molecule has 184 valence electrons. The Labute approximate surface area is 201 Å². The predicted octanol–water partition coefficient (Wildman–Crippen LogP) is 2.84. The van der Waals surface area contributed by atoms with Crippen molar-refractivity contribution in [3.05, 3.63) is 42.1 Å². The third-order valence-corrected chi connectivity index (χ3v) is 8.45. The largest absolute Gasteiger partial charge is 0.380 e. The number of methoxy groups -OCH3 is 1. The molecule has 0 aliphatic carbocycles. The van der Waals surface area contributed by atoms with E-state index < -0.39 is 15.9 Å². The van der Waals surface area contributed by atoms with Gasteiger partial charge in [-0.15, -0.1) is 0 Å². The molecule has 2 saturated heterocycles. The van der Waals surface area contributed by atoms with Gasteiger partial charge in [0, 0.05) is 38.5 Å². The third-order valence-electron chi connectivity index (χ3n) is 7.22. The molecule has 2 atom stereocenters. The van der Waals surface area contributed by atoms with Gasteiger partial charge in [-0.1, -0.05) is 13.0 Å². The van der Waals surface area contributed by atoms with E-state index in [-0.39, 0.29) is 22.2 Å². The molecule has 0 bridgehead atoms. The molecular formula is C24H33N5O4S. The van der Waals surface area contributed by atoms with Crippen molar-refractivity contribution in [1.29, 1.82) is 0 Å². The number of carbonyl (C=O) groups is 1. The molecule has 4 heterocycles. The van der Waals surface area contributed by atoms with E-state index >= 15 is 0 Å². The molecule has 0 radical (unpaired) electrons. The predicted molar refractivity (Wildman–Crippen MR) is 131 cm³/mol. The Balaban J connectivity index is 1.57. The molecule has 0 saturated carbocycles. The van der Waals surface area contributed by atoms with Crippen LogP contribution in [0.4, 0.5) is 11.6 Å². The number of nitrogens with one attached hydrogen (secondary N) is 1. The number of nitrogens with zero attached hydrogens (tertiary/aromatic N) is 4. The van der Waals surface area contributed by atoms with Crippen molar-refractivity contribution in [2.45, 2.75) is 56.7 Å². The van der Waals surface area contributed by atoms with Gasteiger partial charge < -0.3 is 14.5 Å². The highest BCUT2D eigenvalue weighted by molar-refractivity contribution is 7.90. The molecule has 0 spiro atoms. The van der Waals surface area contributed by atoms with Crippen LogP contribution in [0.25, 0.3) is 0 Å². The number of carbonyl (C=O) groups excluding carboxylic acids is 1. The minimum atomic E-state index is -4.18. The van der Waals surface area contributed by atoms with E-state index in [0.717, 1.165) is 32.4 Å². The number of hydrogen-bond donors (Lipinski definition) is 1. The summed E-state index contributed by atoms with van der Waals surface area (Å²) in [6, 6.07) is 8.05. The van der Waals surface area contributed by atoms with Crippen LogP contribution >= 0.6 is 0 Å². The van der Waals surface area contributed by atoms with Crippen molar-refractivity contribution in [2.75, 3.05) is 36.5 Å². The Morgan fingerprint density at radius 3 is 2.68 bits per heavy atom. The molecule has 0 aromatic carbocycles. The Hall–Kier alpha value is -2.72. The van der Waals surface area contributed by atoms with E-state index in [2.05, 4.69) is 40.4 Å². The number of hydrogen-bond acceptors (Lipinski definition) is 8. The molecule has 34 heavy (non-hydrogen) atoms. The van der Waals surface area contributed by atoms with Crippen LogP contribution in [-0.2, 0) is 14.8 Å². The second-order valence-corrected chi connectivity index (χ2v) is 11.2. The second-order valence-electron chi connectivity index (χ2n) is 9.58. The molecule has 1 amide bonds. The van der Waals surface area contributed by atoms with E-state index in [9.17, 15) is 13.2 Å². The van der Waals surface area contributed by atoms with E-state index in [1.807, 2.05) is 4.90 Å². The summed E-state index contributed by atoms with van der Waals surface area (Å²) in [5.74, 6) is 0.730. The van der Waals surface area contributed by atoms with E-state index in [1.165, 1.54) is 6.07 Å². The van der Waals surface area contributed by atoms with E-state index in [4.69, 9.17) is 4.74 Å². The smallest absolute Gasteiger partial charge is 0.281 e. The minimum Gasteiger partial charge on any atom is -0.380 e. The molecular weight excluding hydrogens is 454 g/mol. The molecule has 2 aliphatic heterocycles. The quantitative estimate of drug-likeness (QED) is 0.663. The fourth-order valence-corrected chi connectivity index (χ4v) is 5.63. The molecule has 2 fully saturated rings. The number of pyridine rings is 2. The number of aromatic nitrogens is 2. The molecule has 2 aliphatic rings. The van der Waals surface area contributed by atoms with Gasteiger partial charge >= 0.3 is 0 Å². The maximum absolute atomic E-state index is 13.2. The third kappa shape index (κ3) is 4.74. The summed E-state index contributed by atoms with van der Waals surface area (Å²) in [6.45, 7) is 8.56. The summed E-state index contributed by atoms with van der Waals surface area (Å²) in [6.07, 6.45) is 4.57. The first-order valence-electron chi connectivity index (χ1n) is 11.7. The average Bonchev–Trinajstić information content (AvgIpc) is 3.10. The lowest BCUT2D eigenvalue weighted by Crippen LogP contribution is -2.43. The van der Waals surface area contributed by atoms with Crippen molar-refractivity contribution in [3.8, 4) is 0 Å². The zero-order valence-corrected chi connectivity index (χ0v) is 21.0. The molecule has 2 aromatic rings. The van der Waals surface area contributed by atoms with E-state index in [0.29, 0.717) is 24.1 Å². The van der Waals surface area contributed by atoms with Gasteiger partial charge in [0.2, 0.25) is 0 Å². The summed E-state index contributed by atoms with van der Waals surface area (Å²) in [7, 11) is -2.51. The maximum Gasteiger partial charge on any atom is 0.281 e. The summed E-state index contributed by atoms with van der Waals surface area (Å²) < 4.78 is 33.9. The lowest BCUT2D eigenvalue weighted by Gasteiger charge is -2.36. The lowest BCUT2D eigenvalue weighted by atomic mass is 9.90. The molecule has 2 aromatic heterocycles. The highest BCUT2D eigenvalue weighted by Gasteiger charge is 2.40. The highest BCUT2D eigenvalue weighted by Crippen LogP contribution is 2.38. The first kappa shape index (κ1) is 24.4. The van der Waals surface area contributed by atoms with Crippen LogP contribution in [-0.4, -0.2) is 62.7 Å². The number of sulfonamides is 1. The fourth-order valence-electron chi connectivity index (χ4n) is 4.70. The number of ether oxygens (including phenoxy) is 1. The Morgan fingerprint density at radius 2 is 1.97 bits per heavy atom. The van der Waals surface area contributed by atoms with Crippen LogP contribution in [0, 0.1) is 5.92 Å². The van der Waals surface area contributed by atoms with Gasteiger partial charge in [0.1, 0.15) is 11.6 Å². The number of amides is 1. The van der Waals surface area contributed by atoms with Crippen molar-refractivity contribution in [1.82, 2.24) is 14.7 Å². The van der Waals surface area contributed by atoms with Crippen LogP contribution in [0.2, 0.25) is 0 Å². The molecule has 9 nitrogen and oxygen atoms in total. The standard InChI is InChI=1S/C24H33N5O4S/c1-17-12-15-29(24(17,2)3)22-19(9-6-13-25-22)23(30)27-34(31,32)21-11-5-10-20(26-21)28-14-7-8-18(16-28)33-4/h5-6,9-11,13,17-18H,7-8,12,14-16H2,1-4H3,(H,27,30). The molecule has 2 unspecified atom stereocenters. The van der Waals surface area contributed by atoms with Crippen LogP contribution in [0.3, 0.4) is 0 Å². The molecule has 10 heteroatoms. The highest BCUT2D eigenvalue weighted by atomic mass is 32.2. The molecule has 1 N–H and O–H groups in total. The zero-order chi connectivity index (χ0) is 24.5. The van der Waals surface area contributed by atoms with Crippen molar-refractivity contribution < 1.29 is 17.9 Å². The monoisotopic (exact) mass is 487 g/mol. The zero-order valence-electron chi connectivity index (χ0n) is 20.2. The lowest BCUT2D eigenvalue weighted by molar-refractivity contribution is 0.0891. The Morgan fingerprint density at radius 1 is 1.18 bits per heavy atom. The van der Waals surface area contributed by atoms with Gasteiger partial charge in [-0.3, -0.25) is 4.79 Å². The number of rotatable bonds is 6. The summed E-state index contributed by atoms with van der Waals surface area (Å²) in [4.78, 5) is 26.1.